The molecule has 65 heavy (non-hydrogen) atoms. The first-order valence-corrected chi connectivity index (χ1v) is 22.2. The molecule has 0 aliphatic carbocycles. The van der Waals surface area contributed by atoms with E-state index >= 15 is 0 Å². The standard InChI is InChI=1S/C62H40N2O/c1-2-16-50-46(13-1)40-59(53-18-4-3-17-52(50)53)63(49-15-11-14-45(39-49)51-22-12-26-61-62(51)56-21-7-10-25-60(56)65-61)47-35-31-43(32-36-47)41-27-29-42(30-28-41)44-33-37-48(38-34-44)64-57-23-8-5-19-54(57)55-20-6-9-24-58(55)64/h1-40H. The zero-order chi connectivity index (χ0) is 42.8. The Kier molecular flexibility index (Phi) is 8.53. The lowest BCUT2D eigenvalue weighted by Crippen LogP contribution is -2.10. The summed E-state index contributed by atoms with van der Waals surface area (Å²) < 4.78 is 8.69. The Balaban J connectivity index is 0.872. The predicted molar refractivity (Wildman–Crippen MR) is 274 cm³/mol. The van der Waals surface area contributed by atoms with Gasteiger partial charge in [0.05, 0.1) is 16.7 Å². The molecule has 0 saturated heterocycles. The summed E-state index contributed by atoms with van der Waals surface area (Å²) in [4.78, 5) is 2.42. The summed E-state index contributed by atoms with van der Waals surface area (Å²) in [6, 6.07) is 87.7. The van der Waals surface area contributed by atoms with Gasteiger partial charge in [-0.2, -0.15) is 0 Å². The molecule has 0 aliphatic rings. The van der Waals surface area contributed by atoms with Crippen LogP contribution in [0.3, 0.4) is 0 Å². The molecule has 0 bridgehead atoms. The number of hydrogen-bond donors (Lipinski definition) is 0. The molecule has 3 heteroatoms. The van der Waals surface area contributed by atoms with Crippen molar-refractivity contribution in [1.29, 1.82) is 0 Å². The molecular formula is C62H40N2O. The van der Waals surface area contributed by atoms with Crippen LogP contribution >= 0.6 is 0 Å². The van der Waals surface area contributed by atoms with Gasteiger partial charge in [0.1, 0.15) is 11.2 Å². The maximum Gasteiger partial charge on any atom is 0.136 e. The van der Waals surface area contributed by atoms with Crippen molar-refractivity contribution in [3.05, 3.63) is 243 Å². The molecule has 0 N–H and O–H groups in total. The molecule has 0 amide bonds. The van der Waals surface area contributed by atoms with Crippen LogP contribution in [0.5, 0.6) is 0 Å². The Morgan fingerprint density at radius 2 is 0.846 bits per heavy atom. The highest BCUT2D eigenvalue weighted by Crippen LogP contribution is 2.45. The van der Waals surface area contributed by atoms with Crippen molar-refractivity contribution in [3.8, 4) is 39.1 Å². The van der Waals surface area contributed by atoms with Crippen LogP contribution < -0.4 is 4.90 Å². The van der Waals surface area contributed by atoms with Crippen molar-refractivity contribution in [2.75, 3.05) is 4.90 Å². The molecule has 11 aromatic carbocycles. The fraction of sp³-hybridized carbons (Fsp3) is 0. The van der Waals surface area contributed by atoms with Crippen LogP contribution in [0.2, 0.25) is 0 Å². The summed E-state index contributed by atoms with van der Waals surface area (Å²) >= 11 is 0. The van der Waals surface area contributed by atoms with Gasteiger partial charge < -0.3 is 13.9 Å². The molecule has 3 nitrogen and oxygen atoms in total. The Labute approximate surface area is 376 Å². The SMILES string of the molecule is c1cc(-c2cccc3oc4ccccc4c23)cc(N(c2ccc(-c3ccc(-c4ccc(-n5c6ccccc6c6ccccc65)cc4)cc3)cc2)c2cc3ccccc3c3ccccc23)c1. The van der Waals surface area contributed by atoms with E-state index in [2.05, 4.69) is 240 Å². The van der Waals surface area contributed by atoms with Gasteiger partial charge in [0.25, 0.3) is 0 Å². The van der Waals surface area contributed by atoms with Crippen LogP contribution in [0, 0.1) is 0 Å². The van der Waals surface area contributed by atoms with E-state index in [4.69, 9.17) is 4.42 Å². The molecule has 0 aliphatic heterocycles. The topological polar surface area (TPSA) is 21.3 Å². The minimum Gasteiger partial charge on any atom is -0.456 e. The molecular weight excluding hydrogens is 789 g/mol. The largest absolute Gasteiger partial charge is 0.456 e. The Morgan fingerprint density at radius 3 is 1.54 bits per heavy atom. The van der Waals surface area contributed by atoms with Gasteiger partial charge in [0.15, 0.2) is 0 Å². The average molecular weight is 829 g/mol. The summed E-state index contributed by atoms with van der Waals surface area (Å²) in [5.41, 5.74) is 15.7. The lowest BCUT2D eigenvalue weighted by atomic mass is 9.97. The van der Waals surface area contributed by atoms with E-state index in [0.29, 0.717) is 0 Å². The fourth-order valence-corrected chi connectivity index (χ4v) is 10.1. The second-order valence-electron chi connectivity index (χ2n) is 16.9. The van der Waals surface area contributed by atoms with Crippen LogP contribution in [0.4, 0.5) is 17.1 Å². The number of nitrogens with zero attached hydrogens (tertiary/aromatic N) is 2. The van der Waals surface area contributed by atoms with Gasteiger partial charge in [0, 0.05) is 44.0 Å². The van der Waals surface area contributed by atoms with Crippen LogP contribution in [-0.4, -0.2) is 4.57 Å². The molecule has 2 heterocycles. The summed E-state index contributed by atoms with van der Waals surface area (Å²) in [6.45, 7) is 0. The minimum absolute atomic E-state index is 0.892. The number of benzene rings is 11. The maximum absolute atomic E-state index is 6.33. The van der Waals surface area contributed by atoms with Crippen molar-refractivity contribution >= 4 is 82.4 Å². The van der Waals surface area contributed by atoms with Crippen LogP contribution in [-0.2, 0) is 0 Å². The third kappa shape index (κ3) is 6.12. The molecule has 304 valence electrons. The van der Waals surface area contributed by atoms with E-state index < -0.39 is 0 Å². The van der Waals surface area contributed by atoms with Gasteiger partial charge >= 0.3 is 0 Å². The van der Waals surface area contributed by atoms with E-state index in [-0.39, 0.29) is 0 Å². The molecule has 13 aromatic rings. The van der Waals surface area contributed by atoms with Crippen molar-refractivity contribution in [1.82, 2.24) is 4.57 Å². The third-order valence-corrected chi connectivity index (χ3v) is 13.2. The Bertz CT molecular complexity index is 3880. The quantitative estimate of drug-likeness (QED) is 0.149. The van der Waals surface area contributed by atoms with Gasteiger partial charge in [-0.05, 0) is 116 Å². The van der Waals surface area contributed by atoms with Crippen LogP contribution in [0.1, 0.15) is 0 Å². The lowest BCUT2D eigenvalue weighted by Gasteiger charge is -2.28. The minimum atomic E-state index is 0.892. The Morgan fingerprint density at radius 1 is 0.323 bits per heavy atom. The summed E-state index contributed by atoms with van der Waals surface area (Å²) in [6.07, 6.45) is 0. The van der Waals surface area contributed by atoms with Crippen molar-refractivity contribution in [2.24, 2.45) is 0 Å². The molecule has 13 rings (SSSR count). The number of para-hydroxylation sites is 3. The van der Waals surface area contributed by atoms with Crippen molar-refractivity contribution in [3.63, 3.8) is 0 Å². The first-order chi connectivity index (χ1) is 32.2. The van der Waals surface area contributed by atoms with E-state index in [1.54, 1.807) is 0 Å². The molecule has 0 fully saturated rings. The number of rotatable bonds is 7. The van der Waals surface area contributed by atoms with Gasteiger partial charge in [-0.15, -0.1) is 0 Å². The first kappa shape index (κ1) is 36.9. The monoisotopic (exact) mass is 828 g/mol. The normalized spacial score (nSPS) is 11.7. The molecule has 0 unspecified atom stereocenters. The highest BCUT2D eigenvalue weighted by molar-refractivity contribution is 6.16. The summed E-state index contributed by atoms with van der Waals surface area (Å²) in [5.74, 6) is 0. The fourth-order valence-electron chi connectivity index (χ4n) is 10.1. The van der Waals surface area contributed by atoms with Crippen LogP contribution in [0.15, 0.2) is 247 Å². The number of hydrogen-bond acceptors (Lipinski definition) is 2. The summed E-state index contributed by atoms with van der Waals surface area (Å²) in [5, 5.41) is 9.68. The van der Waals surface area contributed by atoms with Gasteiger partial charge in [-0.25, -0.2) is 0 Å². The molecule has 0 spiro atoms. The average Bonchev–Trinajstić information content (AvgIpc) is 3.93. The van der Waals surface area contributed by atoms with E-state index in [1.165, 1.54) is 60.0 Å². The van der Waals surface area contributed by atoms with Crippen LogP contribution in [0.25, 0.3) is 104 Å². The molecule has 2 aromatic heterocycles. The highest BCUT2D eigenvalue weighted by Gasteiger charge is 2.20. The zero-order valence-corrected chi connectivity index (χ0v) is 35.4. The Hall–Kier alpha value is -8.66. The second kappa shape index (κ2) is 15.0. The van der Waals surface area contributed by atoms with Gasteiger partial charge in [-0.1, -0.05) is 176 Å². The number of fused-ring (bicyclic) bond motifs is 9. The number of anilines is 3. The maximum atomic E-state index is 6.33. The highest BCUT2D eigenvalue weighted by atomic mass is 16.3. The lowest BCUT2D eigenvalue weighted by molar-refractivity contribution is 0.669. The smallest absolute Gasteiger partial charge is 0.136 e. The van der Waals surface area contributed by atoms with Crippen molar-refractivity contribution < 1.29 is 4.42 Å². The third-order valence-electron chi connectivity index (χ3n) is 13.2. The van der Waals surface area contributed by atoms with E-state index in [0.717, 1.165) is 61.4 Å². The summed E-state index contributed by atoms with van der Waals surface area (Å²) in [7, 11) is 0. The van der Waals surface area contributed by atoms with Crippen molar-refractivity contribution in [2.45, 2.75) is 0 Å². The first-order valence-electron chi connectivity index (χ1n) is 22.2. The van der Waals surface area contributed by atoms with E-state index in [9.17, 15) is 0 Å². The molecule has 0 saturated carbocycles. The predicted octanol–water partition coefficient (Wildman–Crippen LogP) is 17.5. The number of furan rings is 1. The number of aromatic nitrogens is 1. The van der Waals surface area contributed by atoms with E-state index in [1.807, 2.05) is 12.1 Å². The van der Waals surface area contributed by atoms with Gasteiger partial charge in [-0.3, -0.25) is 0 Å². The molecule has 0 radical (unpaired) electrons. The van der Waals surface area contributed by atoms with Gasteiger partial charge in [0.2, 0.25) is 0 Å². The second-order valence-corrected chi connectivity index (χ2v) is 16.9. The molecule has 0 atom stereocenters. The zero-order valence-electron chi connectivity index (χ0n) is 35.4.